The van der Waals surface area contributed by atoms with Crippen LogP contribution in [-0.2, 0) is 0 Å². The summed E-state index contributed by atoms with van der Waals surface area (Å²) in [5.41, 5.74) is 1.64. The maximum atomic E-state index is 11.4. The summed E-state index contributed by atoms with van der Waals surface area (Å²) in [4.78, 5) is 24.4. The van der Waals surface area contributed by atoms with E-state index in [1.807, 2.05) is 13.8 Å². The zero-order chi connectivity index (χ0) is 17.8. The van der Waals surface area contributed by atoms with E-state index in [0.717, 1.165) is 11.1 Å². The summed E-state index contributed by atoms with van der Waals surface area (Å²) in [7, 11) is 0. The topological polar surface area (TPSA) is 86.3 Å². The van der Waals surface area contributed by atoms with Gasteiger partial charge in [0.15, 0.2) is 0 Å². The molecule has 0 aromatic heterocycles. The third kappa shape index (κ3) is 2.75. The molecule has 2 aromatic rings. The minimum atomic E-state index is -0.427. The molecule has 0 saturated carbocycles. The lowest BCUT2D eigenvalue weighted by Gasteiger charge is -2.22. The second-order valence-corrected chi connectivity index (χ2v) is 8.79. The van der Waals surface area contributed by atoms with Crippen LogP contribution in [0.4, 0.5) is 11.4 Å². The first-order valence-electron chi connectivity index (χ1n) is 6.53. The minimum absolute atomic E-state index is 0.00680. The number of hydrogen-bond donors (Lipinski definition) is 0. The monoisotopic (exact) mass is 490 g/mol. The summed E-state index contributed by atoms with van der Waals surface area (Å²) >= 11 is 9.11. The second kappa shape index (κ2) is 6.32. The largest absolute Gasteiger partial charge is 0.285 e. The Bertz CT molecular complexity index is 858. The van der Waals surface area contributed by atoms with Crippen molar-refractivity contribution < 1.29 is 9.85 Å². The zero-order valence-electron chi connectivity index (χ0n) is 12.3. The van der Waals surface area contributed by atoms with Gasteiger partial charge in [0.2, 0.25) is 0 Å². The highest BCUT2D eigenvalue weighted by atomic mass is 79.9. The van der Waals surface area contributed by atoms with Gasteiger partial charge in [-0.1, -0.05) is 55.4 Å². The van der Waals surface area contributed by atoms with Crippen LogP contribution < -0.4 is 0 Å². The summed E-state index contributed by atoms with van der Waals surface area (Å²) in [6.07, 6.45) is 0. The van der Waals surface area contributed by atoms with E-state index < -0.39 is 9.85 Å². The maximum absolute atomic E-state index is 11.4. The Hall–Kier alpha value is -1.10. The minimum Gasteiger partial charge on any atom is -0.258 e. The van der Waals surface area contributed by atoms with E-state index in [1.165, 1.54) is 35.7 Å². The van der Waals surface area contributed by atoms with E-state index in [1.54, 1.807) is 0 Å². The predicted molar refractivity (Wildman–Crippen MR) is 99.3 cm³/mol. The molecule has 0 radical (unpaired) electrons. The number of fused-ring (bicyclic) bond motifs is 2. The van der Waals surface area contributed by atoms with Gasteiger partial charge >= 0.3 is 0 Å². The van der Waals surface area contributed by atoms with Crippen LogP contribution in [0.15, 0.2) is 40.7 Å². The fourth-order valence-electron chi connectivity index (χ4n) is 2.30. The van der Waals surface area contributed by atoms with Crippen LogP contribution in [0.25, 0.3) is 0 Å². The number of benzene rings is 2. The van der Waals surface area contributed by atoms with Crippen molar-refractivity contribution in [1.82, 2.24) is 0 Å². The van der Waals surface area contributed by atoms with E-state index >= 15 is 0 Å². The summed E-state index contributed by atoms with van der Waals surface area (Å²) in [5.74, 6) is 0. The number of nitrogens with zero attached hydrogens (tertiary/aromatic N) is 2. The highest BCUT2D eigenvalue weighted by Gasteiger charge is 2.34. The second-order valence-electron chi connectivity index (χ2n) is 5.04. The van der Waals surface area contributed by atoms with Crippen LogP contribution in [-0.4, -0.2) is 9.85 Å². The number of halogens is 2. The average molecular weight is 492 g/mol. The van der Waals surface area contributed by atoms with Gasteiger partial charge < -0.3 is 0 Å². The SMILES string of the molecule is Cc1c(Br)cc([N+](=O)[O-])c2c1Sc1c([N+](=O)[O-])cc(Br)c(C)c1S2. The molecule has 0 fully saturated rings. The molecule has 1 heterocycles. The van der Waals surface area contributed by atoms with Gasteiger partial charge in [0.1, 0.15) is 9.79 Å². The molecule has 0 spiro atoms. The number of nitro benzene ring substituents is 2. The first kappa shape index (κ1) is 17.7. The van der Waals surface area contributed by atoms with Crippen molar-refractivity contribution in [2.45, 2.75) is 33.4 Å². The van der Waals surface area contributed by atoms with Crippen molar-refractivity contribution >= 4 is 66.8 Å². The Balaban J connectivity index is 2.32. The summed E-state index contributed by atoms with van der Waals surface area (Å²) < 4.78 is 1.22. The van der Waals surface area contributed by atoms with Gasteiger partial charge in [0.05, 0.1) is 9.85 Å². The molecule has 1 aliphatic rings. The van der Waals surface area contributed by atoms with E-state index in [0.29, 0.717) is 28.5 Å². The third-order valence-corrected chi connectivity index (χ3v) is 8.17. The van der Waals surface area contributed by atoms with Gasteiger partial charge in [0, 0.05) is 30.9 Å². The fraction of sp³-hybridized carbons (Fsp3) is 0.143. The third-order valence-electron chi connectivity index (χ3n) is 3.60. The normalized spacial score (nSPS) is 12.5. The smallest absolute Gasteiger partial charge is 0.258 e. The standard InChI is InChI=1S/C14H8Br2N2O4S2/c1-5-7(15)3-9(17(19)20)13-11(5)23-14-10(18(21)22)4-8(16)6(2)12(14)24-13/h3-4H,1-2H3. The lowest BCUT2D eigenvalue weighted by molar-refractivity contribution is -0.388. The molecular weight excluding hydrogens is 484 g/mol. The molecule has 0 bridgehead atoms. The van der Waals surface area contributed by atoms with E-state index in [4.69, 9.17) is 0 Å². The number of rotatable bonds is 2. The number of hydrogen-bond acceptors (Lipinski definition) is 6. The molecule has 2 aromatic carbocycles. The molecule has 124 valence electrons. The summed E-state index contributed by atoms with van der Waals surface area (Å²) in [6, 6.07) is 2.96. The molecule has 1 aliphatic heterocycles. The van der Waals surface area contributed by atoms with Crippen molar-refractivity contribution in [3.8, 4) is 0 Å². The highest BCUT2D eigenvalue weighted by molar-refractivity contribution is 9.10. The molecular formula is C14H8Br2N2O4S2. The van der Waals surface area contributed by atoms with Gasteiger partial charge in [-0.25, -0.2) is 0 Å². The Labute approximate surface area is 161 Å². The molecule has 24 heavy (non-hydrogen) atoms. The molecule has 3 rings (SSSR count). The van der Waals surface area contributed by atoms with Gasteiger partial charge in [-0.3, -0.25) is 20.2 Å². The predicted octanol–water partition coefficient (Wildman–Crippen LogP) is 6.26. The van der Waals surface area contributed by atoms with Gasteiger partial charge in [-0.15, -0.1) is 0 Å². The highest BCUT2D eigenvalue weighted by Crippen LogP contribution is 2.58. The maximum Gasteiger partial charge on any atom is 0.285 e. The Morgan fingerprint density at radius 1 is 0.792 bits per heavy atom. The van der Waals surface area contributed by atoms with Gasteiger partial charge in [-0.05, 0) is 25.0 Å². The van der Waals surface area contributed by atoms with Crippen LogP contribution in [0.2, 0.25) is 0 Å². The van der Waals surface area contributed by atoms with Crippen molar-refractivity contribution in [3.05, 3.63) is 52.4 Å². The molecule has 0 N–H and O–H groups in total. The molecule has 0 unspecified atom stereocenters. The van der Waals surface area contributed by atoms with E-state index in [2.05, 4.69) is 31.9 Å². The lowest BCUT2D eigenvalue weighted by Crippen LogP contribution is -2.03. The molecule has 6 nitrogen and oxygen atoms in total. The molecule has 0 amide bonds. The van der Waals surface area contributed by atoms with Crippen LogP contribution in [0.1, 0.15) is 11.1 Å². The van der Waals surface area contributed by atoms with Gasteiger partial charge in [-0.2, -0.15) is 0 Å². The van der Waals surface area contributed by atoms with Crippen LogP contribution >= 0.6 is 55.4 Å². The quantitative estimate of drug-likeness (QED) is 0.310. The first-order chi connectivity index (χ1) is 11.2. The van der Waals surface area contributed by atoms with Gasteiger partial charge in [0.25, 0.3) is 11.4 Å². The van der Waals surface area contributed by atoms with Crippen LogP contribution in [0, 0.1) is 34.1 Å². The Kier molecular flexibility index (Phi) is 4.67. The zero-order valence-corrected chi connectivity index (χ0v) is 17.1. The Morgan fingerprint density at radius 3 is 1.42 bits per heavy atom. The van der Waals surface area contributed by atoms with Crippen molar-refractivity contribution in [2.75, 3.05) is 0 Å². The molecule has 0 aliphatic carbocycles. The molecule has 10 heteroatoms. The summed E-state index contributed by atoms with van der Waals surface area (Å²) in [5, 5.41) is 22.8. The van der Waals surface area contributed by atoms with Crippen LogP contribution in [0.5, 0.6) is 0 Å². The van der Waals surface area contributed by atoms with E-state index in [-0.39, 0.29) is 11.4 Å². The molecule has 0 atom stereocenters. The van der Waals surface area contributed by atoms with Crippen molar-refractivity contribution in [3.63, 3.8) is 0 Å². The average Bonchev–Trinajstić information content (AvgIpc) is 2.52. The lowest BCUT2D eigenvalue weighted by atomic mass is 10.2. The number of nitro groups is 2. The first-order valence-corrected chi connectivity index (χ1v) is 9.75. The summed E-state index contributed by atoms with van der Waals surface area (Å²) in [6.45, 7) is 3.67. The Morgan fingerprint density at radius 2 is 1.12 bits per heavy atom. The fourth-order valence-corrected chi connectivity index (χ4v) is 6.19. The van der Waals surface area contributed by atoms with Crippen molar-refractivity contribution in [1.29, 1.82) is 0 Å². The van der Waals surface area contributed by atoms with Crippen molar-refractivity contribution in [2.24, 2.45) is 0 Å². The van der Waals surface area contributed by atoms with E-state index in [9.17, 15) is 20.2 Å². The molecule has 0 saturated heterocycles. The van der Waals surface area contributed by atoms with Crippen LogP contribution in [0.3, 0.4) is 0 Å².